The zero-order chi connectivity index (χ0) is 32.1. The third kappa shape index (κ3) is 7.04. The summed E-state index contributed by atoms with van der Waals surface area (Å²) >= 11 is 0. The lowest BCUT2D eigenvalue weighted by atomic mass is 9.96. The Hall–Kier alpha value is -5.03. The molecule has 0 fully saturated rings. The van der Waals surface area contributed by atoms with Crippen LogP contribution in [-0.2, 0) is 12.5 Å². The molecule has 0 aromatic heterocycles. The largest absolute Gasteiger partial charge is 0.432 e. The summed E-state index contributed by atoms with van der Waals surface area (Å²) in [5, 5.41) is 8.78. The highest BCUT2D eigenvalue weighted by atomic mass is 19.3. The Morgan fingerprint density at radius 1 is 0.622 bits per heavy atom. The second-order valence-electron chi connectivity index (χ2n) is 10.6. The minimum atomic E-state index is -4.49. The highest BCUT2D eigenvalue weighted by molar-refractivity contribution is 5.74. The maximum Gasteiger partial charge on any atom is 0.432 e. The van der Waals surface area contributed by atoms with Crippen LogP contribution in [0.15, 0.2) is 97.1 Å². The fourth-order valence-electron chi connectivity index (χ4n) is 5.08. The minimum absolute atomic E-state index is 0.0329. The number of benzene rings is 5. The summed E-state index contributed by atoms with van der Waals surface area (Å²) in [6.45, 7) is 2.16. The number of hydrogen-bond donors (Lipinski definition) is 0. The summed E-state index contributed by atoms with van der Waals surface area (Å²) < 4.78 is 92.8. The first kappa shape index (κ1) is 31.4. The molecule has 5 rings (SSSR count). The smallest absolute Gasteiger partial charge is 0.429 e. The van der Waals surface area contributed by atoms with E-state index >= 15 is 4.39 Å². The number of nitriles is 1. The van der Waals surface area contributed by atoms with E-state index < -0.39 is 46.3 Å². The van der Waals surface area contributed by atoms with Crippen molar-refractivity contribution in [1.82, 2.24) is 0 Å². The molecule has 5 aromatic rings. The number of halogens is 6. The quantitative estimate of drug-likeness (QED) is 0.116. The molecule has 228 valence electrons. The van der Waals surface area contributed by atoms with Crippen LogP contribution in [0.2, 0.25) is 0 Å². The van der Waals surface area contributed by atoms with Crippen molar-refractivity contribution in [1.29, 1.82) is 5.26 Å². The van der Waals surface area contributed by atoms with Crippen molar-refractivity contribution in [3.05, 3.63) is 137 Å². The lowest BCUT2D eigenvalue weighted by Gasteiger charge is -2.20. The average Bonchev–Trinajstić information content (AvgIpc) is 3.01. The lowest BCUT2D eigenvalue weighted by Crippen LogP contribution is -2.25. The van der Waals surface area contributed by atoms with E-state index in [2.05, 4.69) is 23.8 Å². The third-order valence-electron chi connectivity index (χ3n) is 7.49. The van der Waals surface area contributed by atoms with Crippen molar-refractivity contribution in [3.63, 3.8) is 0 Å². The molecule has 0 N–H and O–H groups in total. The summed E-state index contributed by atoms with van der Waals surface area (Å²) in [4.78, 5) is 0. The van der Waals surface area contributed by atoms with E-state index in [0.717, 1.165) is 54.7 Å². The van der Waals surface area contributed by atoms with E-state index in [1.165, 1.54) is 36.3 Å². The average molecular weight is 616 g/mol. The fourth-order valence-corrected chi connectivity index (χ4v) is 5.08. The molecule has 0 heterocycles. The van der Waals surface area contributed by atoms with E-state index in [4.69, 9.17) is 5.26 Å². The van der Waals surface area contributed by atoms with E-state index in [1.54, 1.807) is 18.2 Å². The Labute approximate surface area is 257 Å². The molecule has 0 saturated heterocycles. The SMILES string of the molecule is CCCCCc1ccc(-c2ccc(-c3ccc(-c4cc(F)c(C(F)(F)Oc5ccc(C#N)c(F)c5)c(F)c4)cc3)c(F)c2)cc1. The summed E-state index contributed by atoms with van der Waals surface area (Å²) in [5.41, 5.74) is 1.91. The molecule has 0 radical (unpaired) electrons. The fraction of sp³-hybridized carbons (Fsp3) is 0.162. The van der Waals surface area contributed by atoms with Gasteiger partial charge in [-0.2, -0.15) is 14.0 Å². The van der Waals surface area contributed by atoms with Gasteiger partial charge in [0.1, 0.15) is 40.7 Å². The number of aryl methyl sites for hydroxylation is 1. The molecule has 8 heteroatoms. The van der Waals surface area contributed by atoms with Gasteiger partial charge in [-0.3, -0.25) is 0 Å². The second-order valence-corrected chi connectivity index (χ2v) is 10.6. The van der Waals surface area contributed by atoms with Crippen LogP contribution in [0.25, 0.3) is 33.4 Å². The third-order valence-corrected chi connectivity index (χ3v) is 7.49. The number of unbranched alkanes of at least 4 members (excludes halogenated alkanes) is 2. The summed E-state index contributed by atoms with van der Waals surface area (Å²) in [7, 11) is 0. The van der Waals surface area contributed by atoms with Gasteiger partial charge in [-0.1, -0.05) is 80.4 Å². The Kier molecular flexibility index (Phi) is 9.29. The molecule has 45 heavy (non-hydrogen) atoms. The Bertz CT molecular complexity index is 1840. The second kappa shape index (κ2) is 13.3. The van der Waals surface area contributed by atoms with Crippen molar-refractivity contribution in [2.45, 2.75) is 38.7 Å². The highest BCUT2D eigenvalue weighted by Gasteiger charge is 2.41. The van der Waals surface area contributed by atoms with Gasteiger partial charge in [0, 0.05) is 11.6 Å². The molecule has 0 spiro atoms. The van der Waals surface area contributed by atoms with Gasteiger partial charge in [0.05, 0.1) is 5.56 Å². The minimum Gasteiger partial charge on any atom is -0.429 e. The predicted octanol–water partition coefficient (Wildman–Crippen LogP) is 11.0. The molecular weight excluding hydrogens is 588 g/mol. The maximum atomic E-state index is 15.2. The van der Waals surface area contributed by atoms with Crippen LogP contribution in [-0.4, -0.2) is 0 Å². The van der Waals surface area contributed by atoms with Crippen LogP contribution < -0.4 is 4.74 Å². The molecule has 5 aromatic carbocycles. The molecule has 0 saturated carbocycles. The molecule has 0 aliphatic rings. The highest BCUT2D eigenvalue weighted by Crippen LogP contribution is 2.38. The molecule has 2 nitrogen and oxygen atoms in total. The van der Waals surface area contributed by atoms with E-state index in [1.807, 2.05) is 18.2 Å². The Morgan fingerprint density at radius 3 is 1.80 bits per heavy atom. The van der Waals surface area contributed by atoms with Gasteiger partial charge in [0.15, 0.2) is 0 Å². The van der Waals surface area contributed by atoms with Crippen LogP contribution >= 0.6 is 0 Å². The zero-order valence-electron chi connectivity index (χ0n) is 24.2. The van der Waals surface area contributed by atoms with E-state index in [9.17, 15) is 22.0 Å². The predicted molar refractivity (Wildman–Crippen MR) is 161 cm³/mol. The first-order valence-corrected chi connectivity index (χ1v) is 14.3. The van der Waals surface area contributed by atoms with Crippen LogP contribution in [0.5, 0.6) is 5.75 Å². The van der Waals surface area contributed by atoms with Crippen LogP contribution in [0.3, 0.4) is 0 Å². The number of nitrogens with zero attached hydrogens (tertiary/aromatic N) is 1. The van der Waals surface area contributed by atoms with Crippen LogP contribution in [0.4, 0.5) is 26.3 Å². The summed E-state index contributed by atoms with van der Waals surface area (Å²) in [6.07, 6.45) is -0.0264. The van der Waals surface area contributed by atoms with Crippen molar-refractivity contribution >= 4 is 0 Å². The van der Waals surface area contributed by atoms with Gasteiger partial charge >= 0.3 is 6.11 Å². The molecule has 0 aliphatic carbocycles. The molecule has 0 atom stereocenters. The molecule has 0 amide bonds. The van der Waals surface area contributed by atoms with E-state index in [-0.39, 0.29) is 5.56 Å². The standard InChI is InChI=1S/C37H27F6NO/c1-2-3-4-5-23-6-8-24(9-7-23)27-15-17-31(33(39)18-27)26-12-10-25(11-13-26)29-19-34(40)36(35(41)20-29)37(42,43)45-30-16-14-28(22-44)32(38)21-30/h6-21H,2-5H2,1H3. The van der Waals surface area contributed by atoms with E-state index in [0.29, 0.717) is 22.8 Å². The maximum absolute atomic E-state index is 15.2. The van der Waals surface area contributed by atoms with Gasteiger partial charge in [-0.05, 0) is 76.6 Å². The van der Waals surface area contributed by atoms with Gasteiger partial charge in [0.25, 0.3) is 0 Å². The Balaban J connectivity index is 1.33. The molecule has 0 aliphatic heterocycles. The number of alkyl halides is 2. The number of rotatable bonds is 10. The molecule has 0 unspecified atom stereocenters. The lowest BCUT2D eigenvalue weighted by molar-refractivity contribution is -0.189. The number of hydrogen-bond acceptors (Lipinski definition) is 2. The first-order valence-electron chi connectivity index (χ1n) is 14.3. The van der Waals surface area contributed by atoms with Crippen molar-refractivity contribution < 1.29 is 31.1 Å². The van der Waals surface area contributed by atoms with Gasteiger partial charge in [0.2, 0.25) is 0 Å². The normalized spacial score (nSPS) is 11.3. The van der Waals surface area contributed by atoms with Crippen molar-refractivity contribution in [2.24, 2.45) is 0 Å². The summed E-state index contributed by atoms with van der Waals surface area (Å²) in [6, 6.07) is 24.5. The topological polar surface area (TPSA) is 33.0 Å². The van der Waals surface area contributed by atoms with Crippen molar-refractivity contribution in [2.75, 3.05) is 0 Å². The van der Waals surface area contributed by atoms with Crippen molar-refractivity contribution in [3.8, 4) is 45.2 Å². The monoisotopic (exact) mass is 615 g/mol. The summed E-state index contributed by atoms with van der Waals surface area (Å²) in [5.74, 6) is -5.44. The van der Waals surface area contributed by atoms with Crippen LogP contribution in [0, 0.1) is 34.6 Å². The van der Waals surface area contributed by atoms with Gasteiger partial charge < -0.3 is 4.74 Å². The van der Waals surface area contributed by atoms with Gasteiger partial charge in [-0.25, -0.2) is 17.6 Å². The molecular formula is C37H27F6NO. The Morgan fingerprint density at radius 2 is 1.20 bits per heavy atom. The molecule has 0 bridgehead atoms. The number of ether oxygens (including phenoxy) is 1. The van der Waals surface area contributed by atoms with Crippen LogP contribution in [0.1, 0.15) is 42.9 Å². The first-order chi connectivity index (χ1) is 21.6. The van der Waals surface area contributed by atoms with Gasteiger partial charge in [-0.15, -0.1) is 0 Å². The zero-order valence-corrected chi connectivity index (χ0v) is 24.2.